The van der Waals surface area contributed by atoms with Gasteiger partial charge >= 0.3 is 12.1 Å². The van der Waals surface area contributed by atoms with Gasteiger partial charge in [-0.3, -0.25) is 30.3 Å². The van der Waals surface area contributed by atoms with E-state index >= 15 is 0 Å². The van der Waals surface area contributed by atoms with Gasteiger partial charge in [0.1, 0.15) is 0 Å². The van der Waals surface area contributed by atoms with Crippen LogP contribution in [0.15, 0.2) is 35.3 Å². The number of carbonyl (C=O) groups is 5. The quantitative estimate of drug-likeness (QED) is 0.580. The highest BCUT2D eigenvalue weighted by Gasteiger charge is 2.50. The molecule has 0 aromatic heterocycles. The Hall–Kier alpha value is -3.56. The van der Waals surface area contributed by atoms with Crippen LogP contribution in [0.3, 0.4) is 0 Å². The minimum absolute atomic E-state index is 0.294. The number of aliphatic imine (C=N–C) groups is 1. The lowest BCUT2D eigenvalue weighted by molar-refractivity contribution is -0.218. The van der Waals surface area contributed by atoms with Crippen molar-refractivity contribution in [3.05, 3.63) is 35.9 Å². The molecule has 136 valence electrons. The van der Waals surface area contributed by atoms with Crippen LogP contribution >= 0.6 is 0 Å². The van der Waals surface area contributed by atoms with Crippen LogP contribution < -0.4 is 21.1 Å². The van der Waals surface area contributed by atoms with Crippen molar-refractivity contribution < 1.29 is 29.1 Å². The lowest BCUT2D eigenvalue weighted by Gasteiger charge is -2.33. The molecule has 10 nitrogen and oxygen atoms in total. The first-order valence-electron chi connectivity index (χ1n) is 7.60. The lowest BCUT2D eigenvalue weighted by atomic mass is 9.75. The van der Waals surface area contributed by atoms with Gasteiger partial charge in [0.05, 0.1) is 6.42 Å². The fourth-order valence-corrected chi connectivity index (χ4v) is 2.55. The third kappa shape index (κ3) is 3.74. The molecule has 3 rings (SSSR count). The van der Waals surface area contributed by atoms with Gasteiger partial charge in [0, 0.05) is 0 Å². The molecule has 7 amide bonds. The van der Waals surface area contributed by atoms with E-state index in [2.05, 4.69) is 15.6 Å². The van der Waals surface area contributed by atoms with Crippen LogP contribution in [-0.4, -0.2) is 35.7 Å². The van der Waals surface area contributed by atoms with E-state index in [-0.39, 0.29) is 6.42 Å². The number of rotatable bonds is 2. The third-order valence-electron chi connectivity index (χ3n) is 3.81. The van der Waals surface area contributed by atoms with E-state index in [0.29, 0.717) is 12.0 Å². The first-order chi connectivity index (χ1) is 12.3. The van der Waals surface area contributed by atoms with E-state index in [1.54, 1.807) is 37.3 Å². The molecule has 0 spiro atoms. The average Bonchev–Trinajstić information content (AvgIpc) is 2.55. The van der Waals surface area contributed by atoms with Crippen molar-refractivity contribution in [2.75, 3.05) is 0 Å². The number of carbonyl (C=O) groups excluding carboxylic acids is 5. The Bertz CT molecular complexity index is 782. The minimum Gasteiger partial charge on any atom is -0.861 e. The van der Waals surface area contributed by atoms with Crippen LogP contribution in [0.4, 0.5) is 9.59 Å². The van der Waals surface area contributed by atoms with Crippen molar-refractivity contribution in [3.63, 3.8) is 0 Å². The molecule has 26 heavy (non-hydrogen) atoms. The van der Waals surface area contributed by atoms with E-state index < -0.39 is 41.1 Å². The maximum absolute atomic E-state index is 12.0. The lowest BCUT2D eigenvalue weighted by Crippen LogP contribution is -2.64. The summed E-state index contributed by atoms with van der Waals surface area (Å²) in [5.74, 6) is -2.40. The highest BCUT2D eigenvalue weighted by molar-refractivity contribution is 6.22. The molecule has 1 fully saturated rings. The van der Waals surface area contributed by atoms with Gasteiger partial charge in [0.2, 0.25) is 17.7 Å². The number of amides is 7. The van der Waals surface area contributed by atoms with E-state index in [1.165, 1.54) is 0 Å². The predicted molar refractivity (Wildman–Crippen MR) is 85.7 cm³/mol. The first-order valence-corrected chi connectivity index (χ1v) is 7.60. The maximum Gasteiger partial charge on any atom is 0.346 e. The van der Waals surface area contributed by atoms with Gasteiger partial charge in [-0.25, -0.2) is 14.6 Å². The summed E-state index contributed by atoms with van der Waals surface area (Å²) in [6.07, 6.45) is -0.0201. The molecule has 2 aliphatic rings. The summed E-state index contributed by atoms with van der Waals surface area (Å²) in [6.45, 7) is 1.74. The molecule has 0 aliphatic carbocycles. The predicted octanol–water partition coefficient (Wildman–Crippen LogP) is -0.914. The van der Waals surface area contributed by atoms with Gasteiger partial charge in [0.25, 0.3) is 0 Å². The fourth-order valence-electron chi connectivity index (χ4n) is 2.55. The van der Waals surface area contributed by atoms with Crippen LogP contribution in [0.1, 0.15) is 25.3 Å². The Morgan fingerprint density at radius 3 is 2.04 bits per heavy atom. The average molecular weight is 359 g/mol. The van der Waals surface area contributed by atoms with Crippen LogP contribution in [-0.2, 0) is 19.8 Å². The van der Waals surface area contributed by atoms with Crippen molar-refractivity contribution in [2.45, 2.75) is 25.2 Å². The normalized spacial score (nSPS) is 18.7. The standard InChI is InChI=1S/C12H12N2O3.C4H4N2O3/c1-2-12(8-6-4-3-5-7-8)9(15)13-11(17)14-10(12)16;7-2-1-3(8)6-4(9)5-2/h3-7H,2H2,1H3,(H2,13,14,15,16,17);1H2,(H2,5,6,7,8,9)/p-1. The second-order valence-corrected chi connectivity index (χ2v) is 5.40. The van der Waals surface area contributed by atoms with Gasteiger partial charge in [-0.1, -0.05) is 37.3 Å². The number of barbiturate groups is 1. The van der Waals surface area contributed by atoms with Gasteiger partial charge < -0.3 is 5.11 Å². The topological polar surface area (TPSA) is 157 Å². The number of benzene rings is 1. The number of hydrogen-bond acceptors (Lipinski definition) is 6. The molecule has 1 aromatic rings. The Labute approximate surface area is 147 Å². The summed E-state index contributed by atoms with van der Waals surface area (Å²) >= 11 is 0. The maximum atomic E-state index is 12.0. The molecule has 2 heterocycles. The summed E-state index contributed by atoms with van der Waals surface area (Å²) in [7, 11) is 0. The molecule has 0 unspecified atom stereocenters. The highest BCUT2D eigenvalue weighted by Crippen LogP contribution is 2.30. The van der Waals surface area contributed by atoms with Crippen molar-refractivity contribution in [1.29, 1.82) is 0 Å². The molecule has 2 aliphatic heterocycles. The summed E-state index contributed by atoms with van der Waals surface area (Å²) in [4.78, 5) is 58.4. The molecule has 1 saturated heterocycles. The van der Waals surface area contributed by atoms with E-state index in [4.69, 9.17) is 0 Å². The van der Waals surface area contributed by atoms with Crippen molar-refractivity contribution in [2.24, 2.45) is 4.99 Å². The molecular formula is C16H15N4O6-. The molecule has 0 saturated carbocycles. The zero-order chi connectivity index (χ0) is 19.3. The van der Waals surface area contributed by atoms with Crippen molar-refractivity contribution >= 4 is 35.7 Å². The number of hydrogen-bond donors (Lipinski definition) is 3. The zero-order valence-electron chi connectivity index (χ0n) is 13.7. The van der Waals surface area contributed by atoms with Gasteiger partial charge in [0.15, 0.2) is 5.41 Å². The minimum atomic E-state index is -1.31. The number of nitrogens with zero attached hydrogens (tertiary/aromatic N) is 1. The SMILES string of the molecule is CCC1(c2ccccc2)C(=O)NC(=O)NC1=O.O=C1CC([O-])=NC(=O)N1. The second-order valence-electron chi connectivity index (χ2n) is 5.40. The third-order valence-corrected chi connectivity index (χ3v) is 3.81. The van der Waals surface area contributed by atoms with E-state index in [1.807, 2.05) is 5.32 Å². The monoisotopic (exact) mass is 359 g/mol. The smallest absolute Gasteiger partial charge is 0.346 e. The van der Waals surface area contributed by atoms with Crippen molar-refractivity contribution in [1.82, 2.24) is 16.0 Å². The Kier molecular flexibility index (Phi) is 5.45. The van der Waals surface area contributed by atoms with Crippen molar-refractivity contribution in [3.8, 4) is 0 Å². The highest BCUT2D eigenvalue weighted by atomic mass is 16.3. The number of nitrogens with one attached hydrogen (secondary N) is 3. The molecule has 0 radical (unpaired) electrons. The van der Waals surface area contributed by atoms with Gasteiger partial charge in [-0.2, -0.15) is 0 Å². The summed E-state index contributed by atoms with van der Waals surface area (Å²) in [6, 6.07) is 7.09. The van der Waals surface area contributed by atoms with Gasteiger partial charge in [-0.15, -0.1) is 0 Å². The second kappa shape index (κ2) is 7.55. The van der Waals surface area contributed by atoms with Crippen LogP contribution in [0.2, 0.25) is 0 Å². The first kappa shape index (κ1) is 18.8. The van der Waals surface area contributed by atoms with Crippen LogP contribution in [0, 0.1) is 0 Å². The van der Waals surface area contributed by atoms with E-state index in [9.17, 15) is 29.1 Å². The fraction of sp³-hybridized carbons (Fsp3) is 0.250. The molecule has 3 N–H and O–H groups in total. The Morgan fingerprint density at radius 2 is 1.58 bits per heavy atom. The Balaban J connectivity index is 0.000000228. The molecule has 0 atom stereocenters. The summed E-state index contributed by atoms with van der Waals surface area (Å²) < 4.78 is 0. The van der Waals surface area contributed by atoms with Gasteiger partial charge in [-0.05, 0) is 17.9 Å². The largest absolute Gasteiger partial charge is 0.861 e. The Morgan fingerprint density at radius 1 is 1.00 bits per heavy atom. The van der Waals surface area contributed by atoms with E-state index in [0.717, 1.165) is 0 Å². The molecule has 0 bridgehead atoms. The number of imide groups is 3. The van der Waals surface area contributed by atoms with Crippen LogP contribution in [0.25, 0.3) is 0 Å². The molecule has 1 aromatic carbocycles. The summed E-state index contributed by atoms with van der Waals surface area (Å²) in [5, 5.41) is 16.4. The molecular weight excluding hydrogens is 344 g/mol. The zero-order valence-corrected chi connectivity index (χ0v) is 13.7. The number of urea groups is 2. The summed E-state index contributed by atoms with van der Waals surface area (Å²) in [5.41, 5.74) is -0.722. The van der Waals surface area contributed by atoms with Crippen LogP contribution in [0.5, 0.6) is 0 Å². The molecule has 10 heteroatoms.